The maximum absolute atomic E-state index is 11.2. The van der Waals surface area contributed by atoms with Crippen molar-refractivity contribution in [2.45, 2.75) is 34.1 Å². The maximum atomic E-state index is 11.2. The van der Waals surface area contributed by atoms with Gasteiger partial charge in [0.25, 0.3) is 0 Å². The molecule has 0 saturated carbocycles. The number of ether oxygens (including phenoxy) is 1. The summed E-state index contributed by atoms with van der Waals surface area (Å²) in [5.74, 6) is 0.106. The summed E-state index contributed by atoms with van der Waals surface area (Å²) in [7, 11) is 0. The van der Waals surface area contributed by atoms with Gasteiger partial charge in [0.05, 0.1) is 0 Å². The second kappa shape index (κ2) is 4.21. The second-order valence-electron chi connectivity index (χ2n) is 5.05. The first-order valence-corrected chi connectivity index (χ1v) is 5.32. The van der Waals surface area contributed by atoms with Gasteiger partial charge in [0.2, 0.25) is 0 Å². The highest BCUT2D eigenvalue weighted by Crippen LogP contribution is 2.30. The first-order chi connectivity index (χ1) is 6.83. The average Bonchev–Trinajstić information content (AvgIpc) is 2.41. The molecular formula is C11H19NO3. The van der Waals surface area contributed by atoms with Crippen molar-refractivity contribution in [3.8, 4) is 0 Å². The Morgan fingerprint density at radius 3 is 2.40 bits per heavy atom. The van der Waals surface area contributed by atoms with Gasteiger partial charge in [-0.15, -0.1) is 0 Å². The number of nitrogens with zero attached hydrogens (tertiary/aromatic N) is 1. The van der Waals surface area contributed by atoms with Crippen LogP contribution in [0.25, 0.3) is 0 Å². The standard InChI is InChI=1S/C11H19NO3/c1-8(2)11(3,4)5-6-12-7-9(13)15-10(12)14/h8H,5-7H2,1-4H3. The van der Waals surface area contributed by atoms with Gasteiger partial charge in [-0.2, -0.15) is 0 Å². The van der Waals surface area contributed by atoms with E-state index >= 15 is 0 Å². The molecule has 86 valence electrons. The van der Waals surface area contributed by atoms with Crippen molar-refractivity contribution >= 4 is 12.1 Å². The molecule has 15 heavy (non-hydrogen) atoms. The van der Waals surface area contributed by atoms with Crippen molar-refractivity contribution in [3.63, 3.8) is 0 Å². The van der Waals surface area contributed by atoms with E-state index < -0.39 is 12.1 Å². The minimum absolute atomic E-state index is 0.104. The lowest BCUT2D eigenvalue weighted by atomic mass is 9.78. The maximum Gasteiger partial charge on any atom is 0.418 e. The number of esters is 1. The van der Waals surface area contributed by atoms with Crippen LogP contribution in [0.1, 0.15) is 34.1 Å². The quantitative estimate of drug-likeness (QED) is 0.530. The fraction of sp³-hybridized carbons (Fsp3) is 0.818. The lowest BCUT2D eigenvalue weighted by Gasteiger charge is -2.30. The largest absolute Gasteiger partial charge is 0.418 e. The molecule has 1 heterocycles. The SMILES string of the molecule is CC(C)C(C)(C)CCN1CC(=O)OC1=O. The zero-order valence-electron chi connectivity index (χ0n) is 9.87. The zero-order valence-corrected chi connectivity index (χ0v) is 9.87. The molecule has 1 aliphatic heterocycles. The number of cyclic esters (lactones) is 2. The van der Waals surface area contributed by atoms with Crippen LogP contribution in [-0.4, -0.2) is 30.1 Å². The highest BCUT2D eigenvalue weighted by Gasteiger charge is 2.31. The van der Waals surface area contributed by atoms with Crippen molar-refractivity contribution in [3.05, 3.63) is 0 Å². The normalized spacial score (nSPS) is 17.5. The summed E-state index contributed by atoms with van der Waals surface area (Å²) in [5, 5.41) is 0. The molecule has 1 aliphatic rings. The molecule has 0 N–H and O–H groups in total. The summed E-state index contributed by atoms with van der Waals surface area (Å²) in [4.78, 5) is 23.5. The van der Waals surface area contributed by atoms with Gasteiger partial charge >= 0.3 is 12.1 Å². The van der Waals surface area contributed by atoms with Crippen LogP contribution >= 0.6 is 0 Å². The first-order valence-electron chi connectivity index (χ1n) is 5.32. The van der Waals surface area contributed by atoms with Crippen LogP contribution in [0.2, 0.25) is 0 Å². The highest BCUT2D eigenvalue weighted by atomic mass is 16.6. The average molecular weight is 213 g/mol. The lowest BCUT2D eigenvalue weighted by Crippen LogP contribution is -2.31. The van der Waals surface area contributed by atoms with E-state index in [4.69, 9.17) is 0 Å². The summed E-state index contributed by atoms with van der Waals surface area (Å²) in [6.07, 6.45) is 0.382. The third kappa shape index (κ3) is 2.94. The topological polar surface area (TPSA) is 46.6 Å². The lowest BCUT2D eigenvalue weighted by molar-refractivity contribution is -0.132. The van der Waals surface area contributed by atoms with E-state index in [0.717, 1.165) is 6.42 Å². The van der Waals surface area contributed by atoms with Crippen LogP contribution in [0, 0.1) is 11.3 Å². The van der Waals surface area contributed by atoms with Crippen LogP contribution in [0.4, 0.5) is 4.79 Å². The van der Waals surface area contributed by atoms with Crippen molar-refractivity contribution in [2.75, 3.05) is 13.1 Å². The molecule has 0 unspecified atom stereocenters. The molecule has 4 heteroatoms. The molecule has 0 aromatic carbocycles. The van der Waals surface area contributed by atoms with Crippen LogP contribution < -0.4 is 0 Å². The summed E-state index contributed by atoms with van der Waals surface area (Å²) >= 11 is 0. The van der Waals surface area contributed by atoms with E-state index in [0.29, 0.717) is 12.5 Å². The van der Waals surface area contributed by atoms with E-state index in [1.807, 2.05) is 0 Å². The van der Waals surface area contributed by atoms with Gasteiger partial charge in [-0.05, 0) is 17.8 Å². The molecule has 0 bridgehead atoms. The number of rotatable bonds is 4. The Balaban J connectivity index is 2.44. The van der Waals surface area contributed by atoms with Gasteiger partial charge in [0.15, 0.2) is 0 Å². The number of carbonyl (C=O) groups is 2. The Morgan fingerprint density at radius 2 is 2.00 bits per heavy atom. The third-order valence-corrected chi connectivity index (χ3v) is 3.37. The Labute approximate surface area is 90.6 Å². The fourth-order valence-corrected chi connectivity index (χ4v) is 1.30. The van der Waals surface area contributed by atoms with E-state index in [1.54, 1.807) is 0 Å². The van der Waals surface area contributed by atoms with Crippen LogP contribution in [0.15, 0.2) is 0 Å². The van der Waals surface area contributed by atoms with Crippen molar-refractivity contribution in [1.82, 2.24) is 4.90 Å². The van der Waals surface area contributed by atoms with Crippen molar-refractivity contribution in [1.29, 1.82) is 0 Å². The molecule has 1 amide bonds. The molecule has 1 rings (SSSR count). The van der Waals surface area contributed by atoms with Gasteiger partial charge in [-0.3, -0.25) is 4.90 Å². The Bertz CT molecular complexity index is 271. The highest BCUT2D eigenvalue weighted by molar-refractivity contribution is 5.92. The molecule has 0 aromatic heterocycles. The van der Waals surface area contributed by atoms with Crippen molar-refractivity contribution in [2.24, 2.45) is 11.3 Å². The molecule has 1 fully saturated rings. The number of carbonyl (C=O) groups excluding carboxylic acids is 2. The molecule has 0 aliphatic carbocycles. The van der Waals surface area contributed by atoms with Gasteiger partial charge in [-0.25, -0.2) is 9.59 Å². The van der Waals surface area contributed by atoms with E-state index in [2.05, 4.69) is 32.4 Å². The number of hydrogen-bond acceptors (Lipinski definition) is 3. The summed E-state index contributed by atoms with van der Waals surface area (Å²) in [5.41, 5.74) is 0.173. The first kappa shape index (κ1) is 12.0. The number of hydrogen-bond donors (Lipinski definition) is 0. The zero-order chi connectivity index (χ0) is 11.6. The van der Waals surface area contributed by atoms with E-state index in [1.165, 1.54) is 4.90 Å². The second-order valence-corrected chi connectivity index (χ2v) is 5.05. The molecular weight excluding hydrogens is 194 g/mol. The molecule has 0 spiro atoms. The van der Waals surface area contributed by atoms with Gasteiger partial charge in [0.1, 0.15) is 6.54 Å². The molecule has 0 atom stereocenters. The summed E-state index contributed by atoms with van der Waals surface area (Å²) in [6, 6.07) is 0. The fourth-order valence-electron chi connectivity index (χ4n) is 1.30. The monoisotopic (exact) mass is 213 g/mol. The molecule has 1 saturated heterocycles. The van der Waals surface area contributed by atoms with Crippen LogP contribution in [0.5, 0.6) is 0 Å². The van der Waals surface area contributed by atoms with E-state index in [-0.39, 0.29) is 12.0 Å². The predicted octanol–water partition coefficient (Wildman–Crippen LogP) is 2.04. The van der Waals surface area contributed by atoms with Crippen LogP contribution in [0.3, 0.4) is 0 Å². The predicted molar refractivity (Wildman–Crippen MR) is 56.3 cm³/mol. The summed E-state index contributed by atoms with van der Waals surface area (Å²) in [6.45, 7) is 9.35. The molecule has 0 aromatic rings. The van der Waals surface area contributed by atoms with Gasteiger partial charge in [0, 0.05) is 6.54 Å². The minimum Gasteiger partial charge on any atom is -0.375 e. The Morgan fingerprint density at radius 1 is 1.40 bits per heavy atom. The smallest absolute Gasteiger partial charge is 0.375 e. The Kier molecular flexibility index (Phi) is 3.37. The third-order valence-electron chi connectivity index (χ3n) is 3.37. The molecule has 4 nitrogen and oxygen atoms in total. The van der Waals surface area contributed by atoms with Gasteiger partial charge in [-0.1, -0.05) is 27.7 Å². The van der Waals surface area contributed by atoms with Crippen LogP contribution in [-0.2, 0) is 9.53 Å². The molecule has 0 radical (unpaired) electrons. The van der Waals surface area contributed by atoms with Gasteiger partial charge < -0.3 is 4.74 Å². The van der Waals surface area contributed by atoms with Crippen molar-refractivity contribution < 1.29 is 14.3 Å². The minimum atomic E-state index is -0.500. The number of amides is 1. The Hall–Kier alpha value is -1.06. The summed E-state index contributed by atoms with van der Waals surface area (Å²) < 4.78 is 4.45. The van der Waals surface area contributed by atoms with E-state index in [9.17, 15) is 9.59 Å².